The van der Waals surface area contributed by atoms with Gasteiger partial charge in [-0.15, -0.1) is 6.58 Å². The lowest BCUT2D eigenvalue weighted by atomic mass is 10.0. The molecule has 0 aliphatic carbocycles. The largest absolute Gasteiger partial charge is 0.469 e. The van der Waals surface area contributed by atoms with Gasteiger partial charge in [-0.2, -0.15) is 0 Å². The van der Waals surface area contributed by atoms with E-state index < -0.39 is 32.5 Å². The van der Waals surface area contributed by atoms with E-state index in [1.165, 1.54) is 154 Å². The molecule has 0 aliphatic rings. The van der Waals surface area contributed by atoms with Gasteiger partial charge in [0.05, 0.1) is 6.61 Å². The molecule has 0 radical (unpaired) electrons. The van der Waals surface area contributed by atoms with Crippen LogP contribution in [0.1, 0.15) is 225 Å². The number of unbranched alkanes of at least 4 members (excludes halogenated alkanes) is 30. The van der Waals surface area contributed by atoms with Crippen molar-refractivity contribution in [1.82, 2.24) is 0 Å². The second-order valence-corrected chi connectivity index (χ2v) is 16.0. The van der Waals surface area contributed by atoms with Gasteiger partial charge < -0.3 is 19.3 Å². The van der Waals surface area contributed by atoms with Gasteiger partial charge in [0.25, 0.3) is 0 Å². The van der Waals surface area contributed by atoms with Crippen molar-refractivity contribution in [3.8, 4) is 0 Å². The molecule has 0 aromatic rings. The zero-order valence-electron chi connectivity index (χ0n) is 33.1. The summed E-state index contributed by atoms with van der Waals surface area (Å²) >= 11 is 0. The molecule has 2 N–H and O–H groups in total. The van der Waals surface area contributed by atoms with Crippen molar-refractivity contribution in [2.75, 3.05) is 13.2 Å². The maximum Gasteiger partial charge on any atom is 0.469 e. The lowest BCUT2D eigenvalue weighted by Crippen LogP contribution is -2.29. The number of esters is 2. The fraction of sp³-hybridized carbons (Fsp3) is 0.905. The van der Waals surface area contributed by atoms with Crippen LogP contribution in [0, 0.1) is 0 Å². The van der Waals surface area contributed by atoms with Crippen molar-refractivity contribution < 1.29 is 37.9 Å². The minimum Gasteiger partial charge on any atom is -0.462 e. The molecule has 8 nitrogen and oxygen atoms in total. The van der Waals surface area contributed by atoms with Crippen LogP contribution in [-0.4, -0.2) is 41.0 Å². The molecule has 0 heterocycles. The third-order valence-electron chi connectivity index (χ3n) is 9.68. The molecular formula is C42H81O8P. The Kier molecular flexibility index (Phi) is 37.6. The monoisotopic (exact) mass is 745 g/mol. The lowest BCUT2D eigenvalue weighted by molar-refractivity contribution is -0.161. The van der Waals surface area contributed by atoms with Gasteiger partial charge in [-0.05, 0) is 25.7 Å². The average molecular weight is 745 g/mol. The molecule has 0 amide bonds. The number of rotatable bonds is 41. The van der Waals surface area contributed by atoms with E-state index in [0.29, 0.717) is 6.42 Å². The second-order valence-electron chi connectivity index (χ2n) is 14.8. The minimum atomic E-state index is -4.75. The number of allylic oxidation sites excluding steroid dienone is 1. The Morgan fingerprint density at radius 1 is 0.529 bits per heavy atom. The van der Waals surface area contributed by atoms with Crippen LogP contribution in [0.4, 0.5) is 0 Å². The third kappa shape index (κ3) is 41.4. The number of hydrogen-bond donors (Lipinski definition) is 2. The summed E-state index contributed by atoms with van der Waals surface area (Å²) in [4.78, 5) is 42.8. The minimum absolute atomic E-state index is 0.215. The predicted octanol–water partition coefficient (Wildman–Crippen LogP) is 13.0. The molecule has 9 heteroatoms. The Labute approximate surface area is 314 Å². The number of phosphoric ester groups is 1. The van der Waals surface area contributed by atoms with Crippen LogP contribution in [0.3, 0.4) is 0 Å². The van der Waals surface area contributed by atoms with Gasteiger partial charge in [0, 0.05) is 12.8 Å². The molecule has 0 spiro atoms. The van der Waals surface area contributed by atoms with E-state index in [2.05, 4.69) is 18.0 Å². The molecule has 51 heavy (non-hydrogen) atoms. The summed E-state index contributed by atoms with van der Waals surface area (Å²) in [6.45, 7) is 5.23. The van der Waals surface area contributed by atoms with Crippen LogP contribution in [0.25, 0.3) is 0 Å². The fourth-order valence-electron chi connectivity index (χ4n) is 6.47. The smallest absolute Gasteiger partial charge is 0.462 e. The summed E-state index contributed by atoms with van der Waals surface area (Å²) in [6, 6.07) is 0. The molecule has 0 aromatic carbocycles. The van der Waals surface area contributed by atoms with Crippen molar-refractivity contribution in [2.45, 2.75) is 231 Å². The van der Waals surface area contributed by atoms with Gasteiger partial charge in [0.15, 0.2) is 6.10 Å². The van der Waals surface area contributed by atoms with E-state index in [-0.39, 0.29) is 19.4 Å². The summed E-state index contributed by atoms with van der Waals surface area (Å²) in [5.74, 6) is -0.874. The highest BCUT2D eigenvalue weighted by molar-refractivity contribution is 7.46. The predicted molar refractivity (Wildman–Crippen MR) is 212 cm³/mol. The van der Waals surface area contributed by atoms with Crippen LogP contribution in [0.5, 0.6) is 0 Å². The van der Waals surface area contributed by atoms with Crippen LogP contribution in [-0.2, 0) is 28.2 Å². The number of hydrogen-bond acceptors (Lipinski definition) is 6. The zero-order chi connectivity index (χ0) is 37.5. The van der Waals surface area contributed by atoms with Crippen LogP contribution < -0.4 is 0 Å². The Morgan fingerprint density at radius 2 is 0.863 bits per heavy atom. The van der Waals surface area contributed by atoms with E-state index in [1.54, 1.807) is 0 Å². The van der Waals surface area contributed by atoms with Gasteiger partial charge in [-0.1, -0.05) is 193 Å². The molecule has 1 atom stereocenters. The van der Waals surface area contributed by atoms with E-state index in [1.807, 2.05) is 6.08 Å². The summed E-state index contributed by atoms with van der Waals surface area (Å²) < 4.78 is 26.4. The molecule has 0 rings (SSSR count). The lowest BCUT2D eigenvalue weighted by Gasteiger charge is -2.18. The third-order valence-corrected chi connectivity index (χ3v) is 10.2. The van der Waals surface area contributed by atoms with Crippen molar-refractivity contribution in [1.29, 1.82) is 0 Å². The summed E-state index contributed by atoms with van der Waals surface area (Å²) in [5.41, 5.74) is 0. The highest BCUT2D eigenvalue weighted by Crippen LogP contribution is 2.36. The number of carbonyl (C=O) groups is 2. The van der Waals surface area contributed by atoms with E-state index in [4.69, 9.17) is 19.3 Å². The maximum atomic E-state index is 12.4. The van der Waals surface area contributed by atoms with Gasteiger partial charge in [0.2, 0.25) is 0 Å². The molecule has 0 aromatic heterocycles. The first-order valence-electron chi connectivity index (χ1n) is 21.4. The van der Waals surface area contributed by atoms with E-state index in [9.17, 15) is 14.2 Å². The highest BCUT2D eigenvalue weighted by atomic mass is 31.2. The molecular weight excluding hydrogens is 663 g/mol. The summed E-state index contributed by atoms with van der Waals surface area (Å²) in [6.07, 6.45) is 41.1. The van der Waals surface area contributed by atoms with Crippen LogP contribution >= 0.6 is 7.82 Å². The topological polar surface area (TPSA) is 119 Å². The standard InChI is InChI=1S/C42H81O8P/c1-3-5-7-9-11-13-15-17-19-20-21-23-24-26-28-30-32-34-36-41(43)48-38-40(39-49-51(45,46)47)50-42(44)37-35-33-31-29-27-25-22-18-16-14-12-10-8-6-4-2/h4,40H,2-3,5-39H2,1H3,(H2,45,46,47)/t40-/m1/s1. The molecule has 0 saturated carbocycles. The Hall–Kier alpha value is -1.21. The molecule has 0 bridgehead atoms. The first kappa shape index (κ1) is 49.8. The normalized spacial score (nSPS) is 12.2. The quantitative estimate of drug-likeness (QED) is 0.0275. The first-order valence-corrected chi connectivity index (χ1v) is 23.0. The molecule has 302 valence electrons. The van der Waals surface area contributed by atoms with Crippen LogP contribution in [0.15, 0.2) is 12.7 Å². The highest BCUT2D eigenvalue weighted by Gasteiger charge is 2.22. The Balaban J connectivity index is 3.83. The van der Waals surface area contributed by atoms with Gasteiger partial charge in [0.1, 0.15) is 6.61 Å². The second kappa shape index (κ2) is 38.5. The van der Waals surface area contributed by atoms with Crippen molar-refractivity contribution in [3.63, 3.8) is 0 Å². The van der Waals surface area contributed by atoms with E-state index >= 15 is 0 Å². The molecule has 0 saturated heterocycles. The molecule has 0 fully saturated rings. The SMILES string of the molecule is C=CCCCCCCCCCCCCCCCC(=O)O[C@H](COC(=O)CCCCCCCCCCCCCCCCCCCC)COP(=O)(O)O. The van der Waals surface area contributed by atoms with Crippen LogP contribution in [0.2, 0.25) is 0 Å². The van der Waals surface area contributed by atoms with Crippen molar-refractivity contribution in [2.24, 2.45) is 0 Å². The molecule has 0 aliphatic heterocycles. The zero-order valence-corrected chi connectivity index (χ0v) is 34.0. The fourth-order valence-corrected chi connectivity index (χ4v) is 6.83. The average Bonchev–Trinajstić information content (AvgIpc) is 3.10. The van der Waals surface area contributed by atoms with Gasteiger partial charge in [-0.3, -0.25) is 14.1 Å². The summed E-state index contributed by atoms with van der Waals surface area (Å²) in [7, 11) is -4.75. The van der Waals surface area contributed by atoms with Crippen molar-refractivity contribution in [3.05, 3.63) is 12.7 Å². The number of phosphoric acid groups is 1. The van der Waals surface area contributed by atoms with E-state index in [0.717, 1.165) is 44.9 Å². The van der Waals surface area contributed by atoms with Gasteiger partial charge in [-0.25, -0.2) is 4.57 Å². The van der Waals surface area contributed by atoms with Gasteiger partial charge >= 0.3 is 19.8 Å². The van der Waals surface area contributed by atoms with Crippen molar-refractivity contribution >= 4 is 19.8 Å². The Morgan fingerprint density at radius 3 is 1.22 bits per heavy atom. The Bertz CT molecular complexity index is 830. The number of carbonyl (C=O) groups excluding carboxylic acids is 2. The molecule has 0 unspecified atom stereocenters. The first-order chi connectivity index (χ1) is 24.8. The number of ether oxygens (including phenoxy) is 2. The summed E-state index contributed by atoms with van der Waals surface area (Å²) in [5, 5.41) is 0. The maximum absolute atomic E-state index is 12.4.